The molecule has 20 heavy (non-hydrogen) atoms. The summed E-state index contributed by atoms with van der Waals surface area (Å²) in [6, 6.07) is -0.966. The van der Waals surface area contributed by atoms with Crippen molar-refractivity contribution in [3.8, 4) is 0 Å². The van der Waals surface area contributed by atoms with Crippen LogP contribution >= 0.6 is 0 Å². The quantitative estimate of drug-likeness (QED) is 0.744. The summed E-state index contributed by atoms with van der Waals surface area (Å²) in [6.07, 6.45) is -2.03. The first-order valence-corrected chi connectivity index (χ1v) is 6.37. The highest BCUT2D eigenvalue weighted by atomic mass is 16.6. The monoisotopic (exact) mass is 289 g/mol. The number of carboxylic acid groups (broad SMARTS) is 1. The summed E-state index contributed by atoms with van der Waals surface area (Å²) < 4.78 is 9.80. The van der Waals surface area contributed by atoms with Gasteiger partial charge in [-0.15, -0.1) is 0 Å². The molecule has 0 aromatic carbocycles. The summed E-state index contributed by atoms with van der Waals surface area (Å²) >= 11 is 0. The molecule has 0 saturated heterocycles. The predicted molar refractivity (Wildman–Crippen MR) is 71.2 cm³/mol. The number of carbonyl (C=O) groups is 3. The molecule has 0 heterocycles. The first-order valence-electron chi connectivity index (χ1n) is 6.37. The largest absolute Gasteiger partial charge is 0.479 e. The van der Waals surface area contributed by atoms with Crippen LogP contribution in [0.15, 0.2) is 0 Å². The van der Waals surface area contributed by atoms with E-state index in [2.05, 4.69) is 5.32 Å². The number of rotatable bonds is 5. The first-order chi connectivity index (χ1) is 8.94. The third kappa shape index (κ3) is 6.96. The van der Waals surface area contributed by atoms with E-state index < -0.39 is 35.8 Å². The molecule has 0 aliphatic heterocycles. The minimum atomic E-state index is -1.27. The molecular formula is C13H23NO6. The van der Waals surface area contributed by atoms with E-state index in [1.807, 2.05) is 0 Å². The van der Waals surface area contributed by atoms with Gasteiger partial charge in [0.1, 0.15) is 11.6 Å². The maximum Gasteiger partial charge on any atom is 0.408 e. The van der Waals surface area contributed by atoms with Crippen LogP contribution in [0.1, 0.15) is 41.5 Å². The van der Waals surface area contributed by atoms with E-state index in [1.54, 1.807) is 34.6 Å². The van der Waals surface area contributed by atoms with Gasteiger partial charge < -0.3 is 19.9 Å². The van der Waals surface area contributed by atoms with Crippen molar-refractivity contribution in [2.45, 2.75) is 59.3 Å². The molecule has 0 spiro atoms. The fraction of sp³-hybridized carbons (Fsp3) is 0.769. The van der Waals surface area contributed by atoms with Gasteiger partial charge in [-0.2, -0.15) is 0 Å². The van der Waals surface area contributed by atoms with Crippen LogP contribution in [0.5, 0.6) is 0 Å². The Morgan fingerprint density at radius 1 is 1.10 bits per heavy atom. The molecule has 0 unspecified atom stereocenters. The molecule has 0 saturated carbocycles. The van der Waals surface area contributed by atoms with Crippen LogP contribution in [0.2, 0.25) is 0 Å². The molecule has 0 rings (SSSR count). The molecule has 2 N–H and O–H groups in total. The van der Waals surface area contributed by atoms with Gasteiger partial charge in [-0.3, -0.25) is 0 Å². The average molecular weight is 289 g/mol. The van der Waals surface area contributed by atoms with Gasteiger partial charge in [-0.05, 0) is 33.6 Å². The number of alkyl carbamates (subject to hydrolysis) is 1. The topological polar surface area (TPSA) is 102 Å². The number of hydrogen-bond donors (Lipinski definition) is 2. The van der Waals surface area contributed by atoms with Gasteiger partial charge in [-0.25, -0.2) is 14.4 Å². The standard InChI is InChI=1S/C13H23NO6/c1-7(2)9(11(17)19-8(3)10(15)16)14-12(18)20-13(4,5)6/h7-9H,1-6H3,(H,14,18)(H,15,16)/t8-,9+/m0/s1. The molecule has 2 atom stereocenters. The Labute approximate surface area is 118 Å². The number of carbonyl (C=O) groups excluding carboxylic acids is 2. The Kier molecular flexibility index (Phi) is 6.48. The fourth-order valence-electron chi connectivity index (χ4n) is 1.23. The number of esters is 1. The van der Waals surface area contributed by atoms with Crippen LogP contribution in [0.4, 0.5) is 4.79 Å². The van der Waals surface area contributed by atoms with E-state index in [9.17, 15) is 14.4 Å². The fourth-order valence-corrected chi connectivity index (χ4v) is 1.23. The number of amides is 1. The molecule has 116 valence electrons. The van der Waals surface area contributed by atoms with Gasteiger partial charge in [0.05, 0.1) is 0 Å². The Balaban J connectivity index is 4.69. The van der Waals surface area contributed by atoms with E-state index in [-0.39, 0.29) is 5.92 Å². The van der Waals surface area contributed by atoms with Gasteiger partial charge in [-0.1, -0.05) is 13.8 Å². The van der Waals surface area contributed by atoms with Crippen LogP contribution < -0.4 is 5.32 Å². The van der Waals surface area contributed by atoms with Crippen molar-refractivity contribution < 1.29 is 29.0 Å². The Morgan fingerprint density at radius 3 is 1.95 bits per heavy atom. The molecule has 7 heteroatoms. The highest BCUT2D eigenvalue weighted by Gasteiger charge is 2.30. The molecule has 0 fully saturated rings. The highest BCUT2D eigenvalue weighted by molar-refractivity contribution is 5.84. The molecule has 0 aromatic rings. The summed E-state index contributed by atoms with van der Waals surface area (Å²) in [6.45, 7) is 9.74. The van der Waals surface area contributed by atoms with Crippen LogP contribution in [-0.4, -0.2) is 40.9 Å². The number of nitrogens with one attached hydrogen (secondary N) is 1. The molecule has 0 aliphatic rings. The van der Waals surface area contributed by atoms with E-state index in [4.69, 9.17) is 14.6 Å². The van der Waals surface area contributed by atoms with Crippen LogP contribution in [0.25, 0.3) is 0 Å². The van der Waals surface area contributed by atoms with Crippen molar-refractivity contribution in [2.75, 3.05) is 0 Å². The second-order valence-electron chi connectivity index (χ2n) is 5.79. The number of aliphatic carboxylic acids is 1. The number of carboxylic acids is 1. The second kappa shape index (κ2) is 7.12. The Bertz CT molecular complexity index is 372. The zero-order chi connectivity index (χ0) is 16.1. The van der Waals surface area contributed by atoms with Gasteiger partial charge in [0.25, 0.3) is 0 Å². The minimum Gasteiger partial charge on any atom is -0.479 e. The van der Waals surface area contributed by atoms with Gasteiger partial charge in [0, 0.05) is 0 Å². The lowest BCUT2D eigenvalue weighted by molar-refractivity contribution is -0.164. The summed E-state index contributed by atoms with van der Waals surface area (Å²) in [7, 11) is 0. The lowest BCUT2D eigenvalue weighted by Crippen LogP contribution is -2.48. The maximum absolute atomic E-state index is 11.8. The molecule has 7 nitrogen and oxygen atoms in total. The molecule has 0 aliphatic carbocycles. The van der Waals surface area contributed by atoms with E-state index >= 15 is 0 Å². The van der Waals surface area contributed by atoms with Crippen molar-refractivity contribution in [3.05, 3.63) is 0 Å². The SMILES string of the molecule is CC(C)[C@@H](NC(=O)OC(C)(C)C)C(=O)O[C@@H](C)C(=O)O. The first kappa shape index (κ1) is 18.2. The molecule has 0 aromatic heterocycles. The van der Waals surface area contributed by atoms with Crippen LogP contribution in [0, 0.1) is 5.92 Å². The van der Waals surface area contributed by atoms with Crippen LogP contribution in [-0.2, 0) is 19.1 Å². The third-order valence-electron chi connectivity index (χ3n) is 2.23. The number of ether oxygens (including phenoxy) is 2. The summed E-state index contributed by atoms with van der Waals surface area (Å²) in [4.78, 5) is 34.1. The van der Waals surface area contributed by atoms with Gasteiger partial charge >= 0.3 is 18.0 Å². The lowest BCUT2D eigenvalue weighted by Gasteiger charge is -2.25. The summed E-state index contributed by atoms with van der Waals surface area (Å²) in [5.41, 5.74) is -0.691. The number of hydrogen-bond acceptors (Lipinski definition) is 5. The van der Waals surface area contributed by atoms with Gasteiger partial charge in [0.15, 0.2) is 6.10 Å². The minimum absolute atomic E-state index is 0.268. The second-order valence-corrected chi connectivity index (χ2v) is 5.79. The molecule has 0 radical (unpaired) electrons. The molecule has 0 bridgehead atoms. The summed E-state index contributed by atoms with van der Waals surface area (Å²) in [5, 5.41) is 11.1. The van der Waals surface area contributed by atoms with E-state index in [1.165, 1.54) is 6.92 Å². The van der Waals surface area contributed by atoms with Gasteiger partial charge in [0.2, 0.25) is 0 Å². The maximum atomic E-state index is 11.8. The van der Waals surface area contributed by atoms with Crippen molar-refractivity contribution in [2.24, 2.45) is 5.92 Å². The molecule has 1 amide bonds. The van der Waals surface area contributed by atoms with E-state index in [0.29, 0.717) is 0 Å². The highest BCUT2D eigenvalue weighted by Crippen LogP contribution is 2.10. The normalized spacial score (nSPS) is 14.3. The summed E-state index contributed by atoms with van der Waals surface area (Å²) in [5.74, 6) is -2.32. The zero-order valence-electron chi connectivity index (χ0n) is 12.7. The van der Waals surface area contributed by atoms with Crippen molar-refractivity contribution >= 4 is 18.0 Å². The van der Waals surface area contributed by atoms with E-state index in [0.717, 1.165) is 0 Å². The van der Waals surface area contributed by atoms with Crippen molar-refractivity contribution in [3.63, 3.8) is 0 Å². The lowest BCUT2D eigenvalue weighted by atomic mass is 10.1. The van der Waals surface area contributed by atoms with Crippen molar-refractivity contribution in [1.29, 1.82) is 0 Å². The third-order valence-corrected chi connectivity index (χ3v) is 2.23. The van der Waals surface area contributed by atoms with Crippen LogP contribution in [0.3, 0.4) is 0 Å². The zero-order valence-corrected chi connectivity index (χ0v) is 12.7. The predicted octanol–water partition coefficient (Wildman–Crippen LogP) is 1.55. The Morgan fingerprint density at radius 2 is 1.60 bits per heavy atom. The van der Waals surface area contributed by atoms with Crippen molar-refractivity contribution in [1.82, 2.24) is 5.32 Å². The Hall–Kier alpha value is -1.79. The average Bonchev–Trinajstić information content (AvgIpc) is 2.22. The smallest absolute Gasteiger partial charge is 0.408 e. The molecular weight excluding hydrogens is 266 g/mol.